The number of benzene rings is 2. The van der Waals surface area contributed by atoms with E-state index in [0.29, 0.717) is 11.3 Å². The quantitative estimate of drug-likeness (QED) is 0.842. The second-order valence-electron chi connectivity index (χ2n) is 5.20. The van der Waals surface area contributed by atoms with Gasteiger partial charge in [0.2, 0.25) is 0 Å². The molecule has 0 aliphatic rings. The second kappa shape index (κ2) is 8.93. The SMILES string of the molecule is Cl.N[C@@H](CCc1ccccc1)CCS(=O)(=O)c1ccccc1. The van der Waals surface area contributed by atoms with Crippen LogP contribution >= 0.6 is 12.4 Å². The van der Waals surface area contributed by atoms with E-state index in [1.54, 1.807) is 24.3 Å². The lowest BCUT2D eigenvalue weighted by atomic mass is 10.0. The van der Waals surface area contributed by atoms with Gasteiger partial charge in [0.1, 0.15) is 0 Å². The minimum atomic E-state index is -3.22. The Morgan fingerprint density at radius 3 is 2.00 bits per heavy atom. The highest BCUT2D eigenvalue weighted by Gasteiger charge is 2.15. The van der Waals surface area contributed by atoms with Gasteiger partial charge in [-0.2, -0.15) is 0 Å². The highest BCUT2D eigenvalue weighted by atomic mass is 35.5. The summed E-state index contributed by atoms with van der Waals surface area (Å²) in [5.74, 6) is 0.104. The van der Waals surface area contributed by atoms with Crippen LogP contribution in [0.2, 0.25) is 0 Å². The standard InChI is InChI=1S/C17H21NO2S.ClH/c18-16(12-11-15-7-3-1-4-8-15)13-14-21(19,20)17-9-5-2-6-10-17;/h1-10,16H,11-14,18H2;1H/t16-;/m0./s1. The Hall–Kier alpha value is -1.36. The van der Waals surface area contributed by atoms with Crippen LogP contribution in [0.3, 0.4) is 0 Å². The van der Waals surface area contributed by atoms with Crippen LogP contribution < -0.4 is 5.73 Å². The molecule has 120 valence electrons. The van der Waals surface area contributed by atoms with Crippen LogP contribution in [0.1, 0.15) is 18.4 Å². The Balaban J connectivity index is 0.00000242. The van der Waals surface area contributed by atoms with Crippen molar-refractivity contribution in [3.05, 3.63) is 66.2 Å². The minimum absolute atomic E-state index is 0. The van der Waals surface area contributed by atoms with Crippen molar-refractivity contribution in [2.75, 3.05) is 5.75 Å². The molecule has 0 spiro atoms. The zero-order valence-corrected chi connectivity index (χ0v) is 14.0. The van der Waals surface area contributed by atoms with Crippen LogP contribution in [0.25, 0.3) is 0 Å². The lowest BCUT2D eigenvalue weighted by Gasteiger charge is -2.12. The molecule has 2 aromatic rings. The van der Waals surface area contributed by atoms with E-state index in [1.165, 1.54) is 5.56 Å². The molecule has 0 saturated heterocycles. The molecule has 22 heavy (non-hydrogen) atoms. The molecule has 3 nitrogen and oxygen atoms in total. The molecular formula is C17H22ClNO2S. The van der Waals surface area contributed by atoms with Crippen molar-refractivity contribution in [3.63, 3.8) is 0 Å². The molecule has 2 N–H and O–H groups in total. The van der Waals surface area contributed by atoms with Crippen molar-refractivity contribution in [1.29, 1.82) is 0 Å². The van der Waals surface area contributed by atoms with Gasteiger partial charge in [-0.1, -0.05) is 48.5 Å². The van der Waals surface area contributed by atoms with Crippen molar-refractivity contribution in [2.24, 2.45) is 5.73 Å². The first-order chi connectivity index (χ1) is 10.1. The highest BCUT2D eigenvalue weighted by Crippen LogP contribution is 2.13. The molecule has 0 fully saturated rings. The number of halogens is 1. The van der Waals surface area contributed by atoms with Crippen LogP contribution in [0.15, 0.2) is 65.6 Å². The number of hydrogen-bond acceptors (Lipinski definition) is 3. The maximum absolute atomic E-state index is 12.2. The van der Waals surface area contributed by atoms with Crippen LogP contribution in [-0.4, -0.2) is 20.2 Å². The largest absolute Gasteiger partial charge is 0.328 e. The first kappa shape index (κ1) is 18.7. The predicted octanol–water partition coefficient (Wildman–Crippen LogP) is 3.23. The lowest BCUT2D eigenvalue weighted by molar-refractivity contribution is 0.567. The van der Waals surface area contributed by atoms with Gasteiger partial charge < -0.3 is 5.73 Å². The smallest absolute Gasteiger partial charge is 0.178 e. The summed E-state index contributed by atoms with van der Waals surface area (Å²) >= 11 is 0. The molecule has 0 aliphatic heterocycles. The average Bonchev–Trinajstić information content (AvgIpc) is 2.53. The second-order valence-corrected chi connectivity index (χ2v) is 7.31. The molecular weight excluding hydrogens is 318 g/mol. The first-order valence-corrected chi connectivity index (χ1v) is 8.80. The maximum Gasteiger partial charge on any atom is 0.178 e. The van der Waals surface area contributed by atoms with Crippen LogP contribution in [0, 0.1) is 0 Å². The zero-order chi connectivity index (χ0) is 15.1. The van der Waals surface area contributed by atoms with Gasteiger partial charge in [-0.15, -0.1) is 12.4 Å². The van der Waals surface area contributed by atoms with Crippen molar-refractivity contribution < 1.29 is 8.42 Å². The molecule has 5 heteroatoms. The van der Waals surface area contributed by atoms with E-state index in [2.05, 4.69) is 12.1 Å². The first-order valence-electron chi connectivity index (χ1n) is 7.15. The molecule has 0 aliphatic carbocycles. The molecule has 2 aromatic carbocycles. The van der Waals surface area contributed by atoms with Crippen LogP contribution in [0.4, 0.5) is 0 Å². The van der Waals surface area contributed by atoms with Crippen molar-refractivity contribution in [2.45, 2.75) is 30.2 Å². The minimum Gasteiger partial charge on any atom is -0.328 e. The molecule has 0 saturated carbocycles. The van der Waals surface area contributed by atoms with Crippen molar-refractivity contribution in [1.82, 2.24) is 0 Å². The number of rotatable bonds is 7. The fourth-order valence-corrected chi connectivity index (χ4v) is 3.61. The van der Waals surface area contributed by atoms with Gasteiger partial charge in [-0.3, -0.25) is 0 Å². The summed E-state index contributed by atoms with van der Waals surface area (Å²) in [6, 6.07) is 18.6. The van der Waals surface area contributed by atoms with E-state index in [9.17, 15) is 8.42 Å². The summed E-state index contributed by atoms with van der Waals surface area (Å²) in [5.41, 5.74) is 7.28. The van der Waals surface area contributed by atoms with E-state index < -0.39 is 9.84 Å². The summed E-state index contributed by atoms with van der Waals surface area (Å²) in [6.07, 6.45) is 2.17. The van der Waals surface area contributed by atoms with E-state index >= 15 is 0 Å². The molecule has 0 heterocycles. The zero-order valence-electron chi connectivity index (χ0n) is 12.4. The number of sulfone groups is 1. The Morgan fingerprint density at radius 2 is 1.41 bits per heavy atom. The van der Waals surface area contributed by atoms with E-state index in [0.717, 1.165) is 12.8 Å². The molecule has 0 bridgehead atoms. The summed E-state index contributed by atoms with van der Waals surface area (Å²) in [5, 5.41) is 0. The topological polar surface area (TPSA) is 60.2 Å². The van der Waals surface area contributed by atoms with Gasteiger partial charge in [-0.05, 0) is 37.0 Å². The molecule has 0 aromatic heterocycles. The van der Waals surface area contributed by atoms with Crippen LogP contribution in [-0.2, 0) is 16.3 Å². The molecule has 0 unspecified atom stereocenters. The molecule has 0 amide bonds. The van der Waals surface area contributed by atoms with Gasteiger partial charge in [0.05, 0.1) is 10.6 Å². The van der Waals surface area contributed by atoms with E-state index in [4.69, 9.17) is 5.73 Å². The van der Waals surface area contributed by atoms with Gasteiger partial charge >= 0.3 is 0 Å². The van der Waals surface area contributed by atoms with Crippen molar-refractivity contribution >= 4 is 22.2 Å². The third kappa shape index (κ3) is 5.79. The van der Waals surface area contributed by atoms with Gasteiger partial charge in [-0.25, -0.2) is 8.42 Å². The van der Waals surface area contributed by atoms with Crippen molar-refractivity contribution in [3.8, 4) is 0 Å². The maximum atomic E-state index is 12.2. The molecule has 0 radical (unpaired) electrons. The predicted molar refractivity (Wildman–Crippen MR) is 93.1 cm³/mol. The summed E-state index contributed by atoms with van der Waals surface area (Å²) < 4.78 is 24.3. The fraction of sp³-hybridized carbons (Fsp3) is 0.294. The third-order valence-electron chi connectivity index (χ3n) is 3.51. The normalized spacial score (nSPS) is 12.4. The number of aryl methyl sites for hydroxylation is 1. The summed E-state index contributed by atoms with van der Waals surface area (Å²) in [6.45, 7) is 0. The highest BCUT2D eigenvalue weighted by molar-refractivity contribution is 7.91. The molecule has 2 rings (SSSR count). The number of hydrogen-bond donors (Lipinski definition) is 1. The van der Waals surface area contributed by atoms with Crippen LogP contribution in [0.5, 0.6) is 0 Å². The summed E-state index contributed by atoms with van der Waals surface area (Å²) in [7, 11) is -3.22. The monoisotopic (exact) mass is 339 g/mol. The van der Waals surface area contributed by atoms with Gasteiger partial charge in [0.15, 0.2) is 9.84 Å². The number of nitrogens with two attached hydrogens (primary N) is 1. The Labute approximate surface area is 138 Å². The Morgan fingerprint density at radius 1 is 0.864 bits per heavy atom. The average molecular weight is 340 g/mol. The van der Waals surface area contributed by atoms with E-state index in [-0.39, 0.29) is 24.2 Å². The Bertz CT molecular complexity index is 645. The molecule has 1 atom stereocenters. The fourth-order valence-electron chi connectivity index (χ4n) is 2.19. The van der Waals surface area contributed by atoms with Gasteiger partial charge in [0, 0.05) is 6.04 Å². The lowest BCUT2D eigenvalue weighted by Crippen LogP contribution is -2.24. The summed E-state index contributed by atoms with van der Waals surface area (Å²) in [4.78, 5) is 0.375. The Kier molecular flexibility index (Phi) is 7.59. The van der Waals surface area contributed by atoms with E-state index in [1.807, 2.05) is 24.3 Å². The third-order valence-corrected chi connectivity index (χ3v) is 5.27. The van der Waals surface area contributed by atoms with Gasteiger partial charge in [0.25, 0.3) is 0 Å².